The highest BCUT2D eigenvalue weighted by molar-refractivity contribution is 6.00. The lowest BCUT2D eigenvalue weighted by molar-refractivity contribution is 0.262. The van der Waals surface area contributed by atoms with Crippen LogP contribution in [0.1, 0.15) is 24.0 Å². The second kappa shape index (κ2) is 8.31. The maximum absolute atomic E-state index is 12.4. The number of benzene rings is 2. The van der Waals surface area contributed by atoms with Crippen molar-refractivity contribution in [2.45, 2.75) is 26.7 Å². The highest BCUT2D eigenvalue weighted by Gasteiger charge is 2.14. The van der Waals surface area contributed by atoms with Crippen molar-refractivity contribution in [2.24, 2.45) is 0 Å². The molecule has 2 aromatic carbocycles. The molecule has 0 aliphatic carbocycles. The Kier molecular flexibility index (Phi) is 5.42. The van der Waals surface area contributed by atoms with Gasteiger partial charge in [0.1, 0.15) is 0 Å². The fourth-order valence-corrected chi connectivity index (χ4v) is 3.51. The van der Waals surface area contributed by atoms with E-state index in [9.17, 15) is 4.79 Å². The Morgan fingerprint density at radius 3 is 2.52 bits per heavy atom. The fraction of sp³-hybridized carbons (Fsp3) is 0.261. The molecule has 1 saturated heterocycles. The Bertz CT molecular complexity index is 1010. The van der Waals surface area contributed by atoms with Crippen molar-refractivity contribution in [3.63, 3.8) is 0 Å². The first-order valence-corrected chi connectivity index (χ1v) is 9.93. The van der Waals surface area contributed by atoms with Gasteiger partial charge in [0.25, 0.3) is 0 Å². The van der Waals surface area contributed by atoms with Crippen molar-refractivity contribution < 1.29 is 4.79 Å². The van der Waals surface area contributed by atoms with Gasteiger partial charge in [0.2, 0.25) is 0 Å². The van der Waals surface area contributed by atoms with E-state index >= 15 is 0 Å². The number of aryl methyl sites for hydroxylation is 2. The minimum atomic E-state index is -0.272. The number of hydrogen-bond acceptors (Lipinski definition) is 4. The fourth-order valence-electron chi connectivity index (χ4n) is 3.51. The first kappa shape index (κ1) is 18.9. The van der Waals surface area contributed by atoms with Gasteiger partial charge in [-0.05, 0) is 68.1 Å². The van der Waals surface area contributed by atoms with E-state index in [1.54, 1.807) is 0 Å². The standard InChI is InChI=1S/C23H25N5O/c1-16-8-9-17(2)21(14-16)25-23(29)24-19-7-5-6-18(15-19)20-10-11-22(27-26-20)28-12-3-4-13-28/h5-11,14-15H,3-4,12-13H2,1-2H3,(H2,24,25,29). The molecule has 0 saturated carbocycles. The summed E-state index contributed by atoms with van der Waals surface area (Å²) in [7, 11) is 0. The van der Waals surface area contributed by atoms with Crippen LogP contribution in [0.25, 0.3) is 11.3 Å². The summed E-state index contributed by atoms with van der Waals surface area (Å²) in [6, 6.07) is 17.3. The molecule has 1 fully saturated rings. The van der Waals surface area contributed by atoms with Gasteiger partial charge < -0.3 is 15.5 Å². The van der Waals surface area contributed by atoms with E-state index < -0.39 is 0 Å². The van der Waals surface area contributed by atoms with Gasteiger partial charge in [-0.15, -0.1) is 10.2 Å². The zero-order valence-corrected chi connectivity index (χ0v) is 16.8. The number of anilines is 3. The number of hydrogen-bond donors (Lipinski definition) is 2. The van der Waals surface area contributed by atoms with Crippen molar-refractivity contribution in [3.8, 4) is 11.3 Å². The van der Waals surface area contributed by atoms with E-state index in [0.717, 1.165) is 47.0 Å². The number of urea groups is 1. The highest BCUT2D eigenvalue weighted by Crippen LogP contribution is 2.24. The van der Waals surface area contributed by atoms with Crippen LogP contribution < -0.4 is 15.5 Å². The average Bonchev–Trinajstić information content (AvgIpc) is 3.26. The molecule has 148 valence electrons. The molecule has 6 heteroatoms. The minimum Gasteiger partial charge on any atom is -0.355 e. The molecule has 4 rings (SSSR count). The zero-order valence-electron chi connectivity index (χ0n) is 16.8. The monoisotopic (exact) mass is 387 g/mol. The zero-order chi connectivity index (χ0) is 20.2. The summed E-state index contributed by atoms with van der Waals surface area (Å²) in [4.78, 5) is 14.7. The number of carbonyl (C=O) groups excluding carboxylic acids is 1. The second-order valence-electron chi connectivity index (χ2n) is 7.45. The van der Waals surface area contributed by atoms with Gasteiger partial charge in [-0.2, -0.15) is 0 Å². The van der Waals surface area contributed by atoms with E-state index in [1.165, 1.54) is 12.8 Å². The van der Waals surface area contributed by atoms with Crippen molar-refractivity contribution >= 4 is 23.2 Å². The van der Waals surface area contributed by atoms with Gasteiger partial charge in [-0.1, -0.05) is 24.3 Å². The van der Waals surface area contributed by atoms with E-state index in [0.29, 0.717) is 5.69 Å². The molecular weight excluding hydrogens is 362 g/mol. The van der Waals surface area contributed by atoms with E-state index in [4.69, 9.17) is 0 Å². The maximum atomic E-state index is 12.4. The van der Waals surface area contributed by atoms with Gasteiger partial charge in [-0.3, -0.25) is 0 Å². The molecule has 0 spiro atoms. The van der Waals surface area contributed by atoms with Gasteiger partial charge >= 0.3 is 6.03 Å². The largest absolute Gasteiger partial charge is 0.355 e. The lowest BCUT2D eigenvalue weighted by Gasteiger charge is -2.15. The SMILES string of the molecule is Cc1ccc(C)c(NC(=O)Nc2cccc(-c3ccc(N4CCCC4)nn3)c2)c1. The lowest BCUT2D eigenvalue weighted by Crippen LogP contribution is -2.20. The summed E-state index contributed by atoms with van der Waals surface area (Å²) < 4.78 is 0. The molecule has 0 bridgehead atoms. The molecule has 1 aromatic heterocycles. The van der Waals surface area contributed by atoms with Crippen LogP contribution in [0.2, 0.25) is 0 Å². The van der Waals surface area contributed by atoms with Crippen LogP contribution in [-0.4, -0.2) is 29.3 Å². The molecule has 2 N–H and O–H groups in total. The number of nitrogens with zero attached hydrogens (tertiary/aromatic N) is 3. The highest BCUT2D eigenvalue weighted by atomic mass is 16.2. The van der Waals surface area contributed by atoms with Crippen molar-refractivity contribution in [3.05, 3.63) is 65.7 Å². The van der Waals surface area contributed by atoms with Gasteiger partial charge in [0.05, 0.1) is 5.69 Å². The Hall–Kier alpha value is -3.41. The van der Waals surface area contributed by atoms with Crippen LogP contribution in [0.4, 0.5) is 22.0 Å². The van der Waals surface area contributed by atoms with Crippen LogP contribution in [0.15, 0.2) is 54.6 Å². The predicted molar refractivity (Wildman–Crippen MR) is 117 cm³/mol. The normalized spacial score (nSPS) is 13.4. The van der Waals surface area contributed by atoms with Crippen LogP contribution in [0.5, 0.6) is 0 Å². The summed E-state index contributed by atoms with van der Waals surface area (Å²) in [6.45, 7) is 6.06. The summed E-state index contributed by atoms with van der Waals surface area (Å²) in [5, 5.41) is 14.6. The Labute approximate surface area is 171 Å². The predicted octanol–water partition coefficient (Wildman–Crippen LogP) is 5.00. The first-order chi connectivity index (χ1) is 14.1. The Balaban J connectivity index is 1.45. The molecule has 1 aliphatic heterocycles. The van der Waals surface area contributed by atoms with Crippen LogP contribution >= 0.6 is 0 Å². The molecule has 1 aliphatic rings. The maximum Gasteiger partial charge on any atom is 0.323 e. The summed E-state index contributed by atoms with van der Waals surface area (Å²) in [6.07, 6.45) is 2.42. The lowest BCUT2D eigenvalue weighted by atomic mass is 10.1. The molecule has 0 atom stereocenters. The number of rotatable bonds is 4. The van der Waals surface area contributed by atoms with Gasteiger partial charge in [-0.25, -0.2) is 4.79 Å². The third kappa shape index (κ3) is 4.54. The third-order valence-electron chi connectivity index (χ3n) is 5.14. The number of nitrogens with one attached hydrogen (secondary N) is 2. The molecule has 29 heavy (non-hydrogen) atoms. The summed E-state index contributed by atoms with van der Waals surface area (Å²) in [5.41, 5.74) is 5.33. The summed E-state index contributed by atoms with van der Waals surface area (Å²) in [5.74, 6) is 0.924. The molecule has 2 amide bonds. The second-order valence-corrected chi connectivity index (χ2v) is 7.45. The minimum absolute atomic E-state index is 0.272. The number of carbonyl (C=O) groups is 1. The topological polar surface area (TPSA) is 70.2 Å². The number of amides is 2. The van der Waals surface area contributed by atoms with Crippen molar-refractivity contribution in [1.82, 2.24) is 10.2 Å². The first-order valence-electron chi connectivity index (χ1n) is 9.93. The Morgan fingerprint density at radius 1 is 0.931 bits per heavy atom. The molecule has 3 aromatic rings. The average molecular weight is 387 g/mol. The molecule has 0 unspecified atom stereocenters. The van der Waals surface area contributed by atoms with E-state index in [1.807, 2.05) is 68.4 Å². The van der Waals surface area contributed by atoms with Crippen LogP contribution in [0.3, 0.4) is 0 Å². The van der Waals surface area contributed by atoms with E-state index in [-0.39, 0.29) is 6.03 Å². The van der Waals surface area contributed by atoms with Gasteiger partial charge in [0, 0.05) is 30.0 Å². The van der Waals surface area contributed by atoms with Crippen molar-refractivity contribution in [1.29, 1.82) is 0 Å². The molecule has 2 heterocycles. The number of aromatic nitrogens is 2. The smallest absolute Gasteiger partial charge is 0.323 e. The molecular formula is C23H25N5O. The van der Waals surface area contributed by atoms with Gasteiger partial charge in [0.15, 0.2) is 5.82 Å². The third-order valence-corrected chi connectivity index (χ3v) is 5.14. The molecule has 6 nitrogen and oxygen atoms in total. The van der Waals surface area contributed by atoms with Crippen molar-refractivity contribution in [2.75, 3.05) is 28.6 Å². The Morgan fingerprint density at radius 2 is 1.76 bits per heavy atom. The van der Waals surface area contributed by atoms with E-state index in [2.05, 4.69) is 25.7 Å². The van der Waals surface area contributed by atoms with Crippen LogP contribution in [0, 0.1) is 13.8 Å². The quantitative estimate of drug-likeness (QED) is 0.661. The summed E-state index contributed by atoms with van der Waals surface area (Å²) >= 11 is 0. The van der Waals surface area contributed by atoms with Crippen LogP contribution in [-0.2, 0) is 0 Å². The molecule has 0 radical (unpaired) electrons.